The van der Waals surface area contributed by atoms with Crippen molar-refractivity contribution in [2.24, 2.45) is 5.92 Å². The summed E-state index contributed by atoms with van der Waals surface area (Å²) < 4.78 is 22.3. The maximum absolute atomic E-state index is 12.0. The van der Waals surface area contributed by atoms with E-state index in [1.165, 1.54) is 18.5 Å². The largest absolute Gasteiger partial charge is 0.372 e. The molecule has 2 fully saturated rings. The lowest BCUT2D eigenvalue weighted by Crippen LogP contribution is -2.25. The molecule has 0 bridgehead atoms. The third kappa shape index (κ3) is 4.38. The van der Waals surface area contributed by atoms with Gasteiger partial charge in [-0.05, 0) is 30.5 Å². The summed E-state index contributed by atoms with van der Waals surface area (Å²) in [5.41, 5.74) is 2.29. The summed E-state index contributed by atoms with van der Waals surface area (Å²) in [4.78, 5) is 16.1. The molecule has 0 aromatic heterocycles. The van der Waals surface area contributed by atoms with Gasteiger partial charge in [0.1, 0.15) is 0 Å². The van der Waals surface area contributed by atoms with Crippen molar-refractivity contribution in [3.63, 3.8) is 0 Å². The van der Waals surface area contributed by atoms with Crippen molar-refractivity contribution in [2.75, 3.05) is 30.3 Å². The van der Waals surface area contributed by atoms with Crippen LogP contribution in [0.2, 0.25) is 0 Å². The van der Waals surface area contributed by atoms with Crippen LogP contribution in [0, 0.1) is 5.92 Å². The molecule has 0 radical (unpaired) electrons. The first kappa shape index (κ1) is 16.6. The third-order valence-corrected chi connectivity index (χ3v) is 5.76. The Hall–Kier alpha value is -1.27. The molecule has 2 heterocycles. The molecule has 23 heavy (non-hydrogen) atoms. The Morgan fingerprint density at radius 3 is 2.39 bits per heavy atom. The van der Waals surface area contributed by atoms with E-state index in [1.54, 1.807) is 4.90 Å². The first-order valence-corrected chi connectivity index (χ1v) is 10.4. The van der Waals surface area contributed by atoms with Gasteiger partial charge < -0.3 is 9.80 Å². The van der Waals surface area contributed by atoms with E-state index in [0.717, 1.165) is 18.7 Å². The van der Waals surface area contributed by atoms with Crippen molar-refractivity contribution >= 4 is 31.3 Å². The Bertz CT molecular complexity index is 669. The van der Waals surface area contributed by atoms with Crippen molar-refractivity contribution < 1.29 is 13.2 Å². The Kier molecular flexibility index (Phi) is 4.82. The lowest BCUT2D eigenvalue weighted by atomic mass is 10.1. The summed E-state index contributed by atoms with van der Waals surface area (Å²) in [5.74, 6) is -0.335. The minimum absolute atomic E-state index is 0.000985. The van der Waals surface area contributed by atoms with Gasteiger partial charge in [-0.2, -0.15) is 0 Å². The zero-order valence-corrected chi connectivity index (χ0v) is 14.5. The van der Waals surface area contributed by atoms with Crippen molar-refractivity contribution in [1.82, 2.24) is 4.90 Å². The molecule has 0 spiro atoms. The van der Waals surface area contributed by atoms with Crippen LogP contribution in [0.1, 0.15) is 24.8 Å². The van der Waals surface area contributed by atoms with E-state index in [9.17, 15) is 13.2 Å². The van der Waals surface area contributed by atoms with Crippen LogP contribution in [0.3, 0.4) is 0 Å². The fourth-order valence-electron chi connectivity index (χ4n) is 3.41. The van der Waals surface area contributed by atoms with E-state index in [4.69, 9.17) is 10.7 Å². The summed E-state index contributed by atoms with van der Waals surface area (Å²) in [5, 5.41) is 0. The Morgan fingerprint density at radius 1 is 1.13 bits per heavy atom. The van der Waals surface area contributed by atoms with Gasteiger partial charge in [-0.3, -0.25) is 4.79 Å². The molecule has 0 aliphatic carbocycles. The van der Waals surface area contributed by atoms with Crippen molar-refractivity contribution in [3.8, 4) is 0 Å². The van der Waals surface area contributed by atoms with Crippen LogP contribution in [0.15, 0.2) is 24.3 Å². The molecule has 3 rings (SSSR count). The highest BCUT2D eigenvalue weighted by atomic mass is 35.7. The van der Waals surface area contributed by atoms with Crippen LogP contribution in [-0.2, 0) is 20.4 Å². The quantitative estimate of drug-likeness (QED) is 0.759. The topological polar surface area (TPSA) is 57.7 Å². The molecule has 1 aromatic rings. The zero-order valence-electron chi connectivity index (χ0n) is 12.9. The molecule has 1 unspecified atom stereocenters. The fraction of sp³-hybridized carbons (Fsp3) is 0.562. The molecule has 1 amide bonds. The first-order chi connectivity index (χ1) is 10.9. The maximum atomic E-state index is 12.0. The lowest BCUT2D eigenvalue weighted by molar-refractivity contribution is -0.128. The molecule has 1 atom stereocenters. The number of hydrogen-bond acceptors (Lipinski definition) is 4. The van der Waals surface area contributed by atoms with Gasteiger partial charge in [0.25, 0.3) is 0 Å². The summed E-state index contributed by atoms with van der Waals surface area (Å²) in [6, 6.07) is 8.29. The fourth-order valence-corrected chi connectivity index (χ4v) is 4.73. The molecule has 126 valence electrons. The summed E-state index contributed by atoms with van der Waals surface area (Å²) in [6.45, 7) is 3.20. The van der Waals surface area contributed by atoms with E-state index in [2.05, 4.69) is 17.0 Å². The molecular weight excluding hydrogens is 336 g/mol. The standard InChI is InChI=1S/C16H21ClN2O3S/c17-23(21,22)12-14-9-16(20)19(11-14)10-13-3-5-15(6-4-13)18-7-1-2-8-18/h3-6,14H,1-2,7-12H2. The minimum atomic E-state index is -3.55. The van der Waals surface area contributed by atoms with Crippen LogP contribution in [-0.4, -0.2) is 44.6 Å². The molecule has 2 saturated heterocycles. The normalized spacial score (nSPS) is 22.1. The second kappa shape index (κ2) is 6.69. The molecule has 1 aromatic carbocycles. The number of nitrogens with zero attached hydrogens (tertiary/aromatic N) is 2. The lowest BCUT2D eigenvalue weighted by Gasteiger charge is -2.19. The second-order valence-corrected chi connectivity index (χ2v) is 9.23. The summed E-state index contributed by atoms with van der Waals surface area (Å²) in [7, 11) is 1.73. The van der Waals surface area contributed by atoms with Gasteiger partial charge in [0.15, 0.2) is 0 Å². The van der Waals surface area contributed by atoms with Crippen LogP contribution in [0.4, 0.5) is 5.69 Å². The molecular formula is C16H21ClN2O3S. The van der Waals surface area contributed by atoms with Crippen molar-refractivity contribution in [1.29, 1.82) is 0 Å². The number of halogens is 1. The summed E-state index contributed by atoms with van der Waals surface area (Å²) >= 11 is 0. The average molecular weight is 357 g/mol. The van der Waals surface area contributed by atoms with Crippen LogP contribution in [0.5, 0.6) is 0 Å². The Labute approximate surface area is 141 Å². The van der Waals surface area contributed by atoms with Crippen LogP contribution >= 0.6 is 10.7 Å². The predicted molar refractivity (Wildman–Crippen MR) is 91.1 cm³/mol. The number of anilines is 1. The van der Waals surface area contributed by atoms with Crippen LogP contribution in [0.25, 0.3) is 0 Å². The molecule has 2 aliphatic heterocycles. The number of likely N-dealkylation sites (tertiary alicyclic amines) is 1. The molecule has 5 nitrogen and oxygen atoms in total. The van der Waals surface area contributed by atoms with Gasteiger partial charge in [-0.15, -0.1) is 0 Å². The average Bonchev–Trinajstić information content (AvgIpc) is 3.09. The SMILES string of the molecule is O=C1CC(CS(=O)(=O)Cl)CN1Cc1ccc(N2CCCC2)cc1. The molecule has 0 N–H and O–H groups in total. The number of hydrogen-bond donors (Lipinski definition) is 0. The smallest absolute Gasteiger partial charge is 0.232 e. The van der Waals surface area contributed by atoms with Crippen LogP contribution < -0.4 is 4.90 Å². The van der Waals surface area contributed by atoms with Gasteiger partial charge in [0.05, 0.1) is 5.75 Å². The number of carbonyl (C=O) groups excluding carboxylic acids is 1. The number of carbonyl (C=O) groups is 1. The van der Waals surface area contributed by atoms with Gasteiger partial charge in [0.2, 0.25) is 15.0 Å². The molecule has 2 aliphatic rings. The van der Waals surface area contributed by atoms with Crippen molar-refractivity contribution in [3.05, 3.63) is 29.8 Å². The highest BCUT2D eigenvalue weighted by molar-refractivity contribution is 8.13. The van der Waals surface area contributed by atoms with Crippen molar-refractivity contribution in [2.45, 2.75) is 25.8 Å². The Balaban J connectivity index is 1.59. The third-order valence-electron chi connectivity index (χ3n) is 4.51. The maximum Gasteiger partial charge on any atom is 0.232 e. The minimum Gasteiger partial charge on any atom is -0.372 e. The monoisotopic (exact) mass is 356 g/mol. The van der Waals surface area contributed by atoms with Gasteiger partial charge in [-0.1, -0.05) is 12.1 Å². The van der Waals surface area contributed by atoms with E-state index in [1.807, 2.05) is 12.1 Å². The Morgan fingerprint density at radius 2 is 1.78 bits per heavy atom. The van der Waals surface area contributed by atoms with E-state index >= 15 is 0 Å². The van der Waals surface area contributed by atoms with Gasteiger partial charge >= 0.3 is 0 Å². The highest BCUT2D eigenvalue weighted by Crippen LogP contribution is 2.24. The number of benzene rings is 1. The van der Waals surface area contributed by atoms with Gasteiger partial charge in [-0.25, -0.2) is 8.42 Å². The zero-order chi connectivity index (χ0) is 16.4. The predicted octanol–water partition coefficient (Wildman–Crippen LogP) is 2.20. The highest BCUT2D eigenvalue weighted by Gasteiger charge is 2.32. The number of rotatable bonds is 5. The van der Waals surface area contributed by atoms with E-state index in [0.29, 0.717) is 13.1 Å². The first-order valence-electron chi connectivity index (χ1n) is 7.95. The number of amides is 1. The van der Waals surface area contributed by atoms with E-state index in [-0.39, 0.29) is 24.0 Å². The molecule has 0 saturated carbocycles. The van der Waals surface area contributed by atoms with E-state index < -0.39 is 9.05 Å². The summed E-state index contributed by atoms with van der Waals surface area (Å²) in [6.07, 6.45) is 2.75. The second-order valence-electron chi connectivity index (χ2n) is 6.41. The van der Waals surface area contributed by atoms with Gasteiger partial charge in [0, 0.05) is 54.9 Å². The molecule has 7 heteroatoms.